The first-order chi connectivity index (χ1) is 5.76. The molecule has 1 aromatic heterocycles. The number of nitrogens with two attached hydrogens (primary N) is 1. The zero-order valence-electron chi connectivity index (χ0n) is 7.50. The molecule has 0 aliphatic rings. The van der Waals surface area contributed by atoms with Crippen LogP contribution in [0.2, 0.25) is 0 Å². The van der Waals surface area contributed by atoms with Gasteiger partial charge in [0.25, 0.3) is 0 Å². The number of aromatic nitrogens is 1. The molecule has 1 atom stereocenters. The Morgan fingerprint density at radius 2 is 2.50 bits per heavy atom. The van der Waals surface area contributed by atoms with Crippen molar-refractivity contribution in [1.29, 1.82) is 0 Å². The standard InChI is InChI=1S/C8H15N3S/c1-3-6(2)11-8-10-5-7(4-9)12-8/h5-6H,3-4,9H2,1-2H3,(H,10,11). The summed E-state index contributed by atoms with van der Waals surface area (Å²) in [4.78, 5) is 5.33. The fraction of sp³-hybridized carbons (Fsp3) is 0.625. The van der Waals surface area contributed by atoms with Gasteiger partial charge in [0.2, 0.25) is 0 Å². The molecule has 68 valence electrons. The van der Waals surface area contributed by atoms with Crippen molar-refractivity contribution in [2.24, 2.45) is 5.73 Å². The molecule has 1 unspecified atom stereocenters. The van der Waals surface area contributed by atoms with Gasteiger partial charge >= 0.3 is 0 Å². The Bertz CT molecular complexity index is 234. The lowest BCUT2D eigenvalue weighted by atomic mass is 10.3. The summed E-state index contributed by atoms with van der Waals surface area (Å²) < 4.78 is 0. The molecular formula is C8H15N3S. The smallest absolute Gasteiger partial charge is 0.183 e. The first-order valence-electron chi connectivity index (χ1n) is 4.17. The van der Waals surface area contributed by atoms with Gasteiger partial charge < -0.3 is 11.1 Å². The first-order valence-corrected chi connectivity index (χ1v) is 4.99. The predicted octanol–water partition coefficient (Wildman–Crippen LogP) is 1.81. The van der Waals surface area contributed by atoms with Crippen molar-refractivity contribution < 1.29 is 0 Å². The Hall–Kier alpha value is -0.610. The molecule has 1 rings (SSSR count). The third-order valence-electron chi connectivity index (χ3n) is 1.74. The normalized spacial score (nSPS) is 12.9. The zero-order valence-corrected chi connectivity index (χ0v) is 8.32. The highest BCUT2D eigenvalue weighted by Crippen LogP contribution is 2.18. The van der Waals surface area contributed by atoms with Crippen LogP contribution in [0.5, 0.6) is 0 Å². The van der Waals surface area contributed by atoms with Crippen LogP contribution in [-0.2, 0) is 6.54 Å². The fourth-order valence-corrected chi connectivity index (χ4v) is 1.58. The summed E-state index contributed by atoms with van der Waals surface area (Å²) in [5.41, 5.74) is 5.47. The summed E-state index contributed by atoms with van der Waals surface area (Å²) in [6, 6.07) is 0.488. The highest BCUT2D eigenvalue weighted by atomic mass is 32.1. The maximum absolute atomic E-state index is 5.47. The highest BCUT2D eigenvalue weighted by molar-refractivity contribution is 7.15. The average molecular weight is 185 g/mol. The summed E-state index contributed by atoms with van der Waals surface area (Å²) >= 11 is 1.63. The quantitative estimate of drug-likeness (QED) is 0.752. The van der Waals surface area contributed by atoms with Gasteiger partial charge in [0.05, 0.1) is 0 Å². The molecule has 0 saturated carbocycles. The molecule has 0 spiro atoms. The molecule has 12 heavy (non-hydrogen) atoms. The van der Waals surface area contributed by atoms with Crippen LogP contribution < -0.4 is 11.1 Å². The van der Waals surface area contributed by atoms with Crippen LogP contribution in [-0.4, -0.2) is 11.0 Å². The van der Waals surface area contributed by atoms with Crippen molar-refractivity contribution in [3.63, 3.8) is 0 Å². The Balaban J connectivity index is 2.52. The fourth-order valence-electron chi connectivity index (χ4n) is 0.781. The zero-order chi connectivity index (χ0) is 8.97. The van der Waals surface area contributed by atoms with Gasteiger partial charge in [-0.1, -0.05) is 6.92 Å². The molecule has 0 amide bonds. The van der Waals surface area contributed by atoms with E-state index in [9.17, 15) is 0 Å². The van der Waals surface area contributed by atoms with E-state index in [0.29, 0.717) is 12.6 Å². The van der Waals surface area contributed by atoms with Crippen molar-refractivity contribution in [1.82, 2.24) is 4.98 Å². The third kappa shape index (κ3) is 2.46. The minimum atomic E-state index is 0.488. The molecule has 0 saturated heterocycles. The molecule has 0 aliphatic carbocycles. The monoisotopic (exact) mass is 185 g/mol. The summed E-state index contributed by atoms with van der Waals surface area (Å²) in [5.74, 6) is 0. The van der Waals surface area contributed by atoms with Gasteiger partial charge in [-0.2, -0.15) is 0 Å². The van der Waals surface area contributed by atoms with Crippen LogP contribution in [0.3, 0.4) is 0 Å². The molecule has 0 aromatic carbocycles. The van der Waals surface area contributed by atoms with E-state index in [1.54, 1.807) is 11.3 Å². The average Bonchev–Trinajstić information content (AvgIpc) is 2.52. The van der Waals surface area contributed by atoms with Gasteiger partial charge in [0.1, 0.15) is 0 Å². The minimum absolute atomic E-state index is 0.488. The number of hydrogen-bond acceptors (Lipinski definition) is 4. The third-order valence-corrected chi connectivity index (χ3v) is 2.69. The molecule has 1 aromatic rings. The van der Waals surface area contributed by atoms with E-state index < -0.39 is 0 Å². The molecule has 0 radical (unpaired) electrons. The largest absolute Gasteiger partial charge is 0.359 e. The van der Waals surface area contributed by atoms with E-state index in [1.165, 1.54) is 0 Å². The molecule has 1 heterocycles. The number of anilines is 1. The second kappa shape index (κ2) is 4.42. The molecule has 0 aliphatic heterocycles. The van der Waals surface area contributed by atoms with Crippen molar-refractivity contribution in [3.8, 4) is 0 Å². The number of hydrogen-bond donors (Lipinski definition) is 2. The number of nitrogens with zero attached hydrogens (tertiary/aromatic N) is 1. The van der Waals surface area contributed by atoms with Gasteiger partial charge in [0.15, 0.2) is 5.13 Å². The Morgan fingerprint density at radius 1 is 1.75 bits per heavy atom. The summed E-state index contributed by atoms with van der Waals surface area (Å²) in [6.45, 7) is 4.87. The molecule has 0 bridgehead atoms. The van der Waals surface area contributed by atoms with E-state index in [-0.39, 0.29) is 0 Å². The van der Waals surface area contributed by atoms with Crippen LogP contribution in [0.15, 0.2) is 6.20 Å². The van der Waals surface area contributed by atoms with E-state index >= 15 is 0 Å². The Morgan fingerprint density at radius 3 is 3.00 bits per heavy atom. The van der Waals surface area contributed by atoms with E-state index in [1.807, 2.05) is 6.20 Å². The second-order valence-electron chi connectivity index (χ2n) is 2.79. The molecule has 4 heteroatoms. The molecule has 3 N–H and O–H groups in total. The first kappa shape index (κ1) is 9.48. The van der Waals surface area contributed by atoms with Crippen LogP contribution in [0, 0.1) is 0 Å². The molecule has 3 nitrogen and oxygen atoms in total. The van der Waals surface area contributed by atoms with E-state index in [0.717, 1.165) is 16.4 Å². The van der Waals surface area contributed by atoms with Gasteiger partial charge in [-0.15, -0.1) is 11.3 Å². The minimum Gasteiger partial charge on any atom is -0.359 e. The summed E-state index contributed by atoms with van der Waals surface area (Å²) in [6.07, 6.45) is 2.94. The lowest BCUT2D eigenvalue weighted by Crippen LogP contribution is -2.12. The van der Waals surface area contributed by atoms with Crippen molar-refractivity contribution in [2.45, 2.75) is 32.9 Å². The Labute approximate surface area is 77.0 Å². The van der Waals surface area contributed by atoms with Crippen molar-refractivity contribution in [2.75, 3.05) is 5.32 Å². The molecule has 0 fully saturated rings. The Kier molecular flexibility index (Phi) is 3.49. The van der Waals surface area contributed by atoms with Crippen LogP contribution in [0.4, 0.5) is 5.13 Å². The van der Waals surface area contributed by atoms with E-state index in [4.69, 9.17) is 5.73 Å². The maximum atomic E-state index is 5.47. The lowest BCUT2D eigenvalue weighted by molar-refractivity contribution is 0.763. The summed E-state index contributed by atoms with van der Waals surface area (Å²) in [7, 11) is 0. The van der Waals surface area contributed by atoms with E-state index in [2.05, 4.69) is 24.1 Å². The van der Waals surface area contributed by atoms with Gasteiger partial charge in [-0.3, -0.25) is 0 Å². The topological polar surface area (TPSA) is 50.9 Å². The SMILES string of the molecule is CCC(C)Nc1ncc(CN)s1. The predicted molar refractivity (Wildman–Crippen MR) is 53.4 cm³/mol. The van der Waals surface area contributed by atoms with Crippen LogP contribution in [0.1, 0.15) is 25.1 Å². The van der Waals surface area contributed by atoms with Crippen molar-refractivity contribution in [3.05, 3.63) is 11.1 Å². The highest BCUT2D eigenvalue weighted by Gasteiger charge is 2.02. The maximum Gasteiger partial charge on any atom is 0.183 e. The van der Waals surface area contributed by atoms with Crippen molar-refractivity contribution >= 4 is 16.5 Å². The van der Waals surface area contributed by atoms with Crippen LogP contribution >= 0.6 is 11.3 Å². The van der Waals surface area contributed by atoms with Gasteiger partial charge in [-0.05, 0) is 13.3 Å². The van der Waals surface area contributed by atoms with Gasteiger partial charge in [0, 0.05) is 23.7 Å². The second-order valence-corrected chi connectivity index (χ2v) is 3.90. The number of nitrogens with one attached hydrogen (secondary N) is 1. The van der Waals surface area contributed by atoms with Gasteiger partial charge in [-0.25, -0.2) is 4.98 Å². The lowest BCUT2D eigenvalue weighted by Gasteiger charge is -2.08. The number of rotatable bonds is 4. The number of thiazole rings is 1. The summed E-state index contributed by atoms with van der Waals surface area (Å²) in [5, 5.41) is 4.27. The van der Waals surface area contributed by atoms with Crippen LogP contribution in [0.25, 0.3) is 0 Å². The molecular weight excluding hydrogens is 170 g/mol.